The van der Waals surface area contributed by atoms with Crippen molar-refractivity contribution in [1.82, 2.24) is 19.9 Å². The maximum atomic E-state index is 7.08. The van der Waals surface area contributed by atoms with Crippen LogP contribution in [0.15, 0.2) is 219 Å². The molecule has 0 amide bonds. The van der Waals surface area contributed by atoms with Crippen molar-refractivity contribution in [3.8, 4) is 90.3 Å². The molecule has 0 N–H and O–H groups in total. The highest BCUT2D eigenvalue weighted by Crippen LogP contribution is 2.62. The molecule has 8 aromatic carbocycles. The zero-order chi connectivity index (χ0) is 41.0. The van der Waals surface area contributed by atoms with E-state index in [0.29, 0.717) is 17.5 Å². The second-order valence-corrected chi connectivity index (χ2v) is 15.8. The van der Waals surface area contributed by atoms with E-state index in [0.717, 1.165) is 72.8 Å². The third kappa shape index (κ3) is 5.78. The van der Waals surface area contributed by atoms with Crippen molar-refractivity contribution in [2.24, 2.45) is 0 Å². The van der Waals surface area contributed by atoms with Crippen molar-refractivity contribution in [2.75, 3.05) is 0 Å². The van der Waals surface area contributed by atoms with Crippen LogP contribution in [0.2, 0.25) is 0 Å². The van der Waals surface area contributed by atoms with Crippen molar-refractivity contribution in [3.63, 3.8) is 0 Å². The summed E-state index contributed by atoms with van der Waals surface area (Å²) in [7, 11) is 0. The van der Waals surface area contributed by atoms with Crippen LogP contribution in [-0.4, -0.2) is 19.9 Å². The van der Waals surface area contributed by atoms with Crippen LogP contribution < -0.4 is 4.74 Å². The van der Waals surface area contributed by atoms with Crippen LogP contribution in [0.3, 0.4) is 0 Å². The molecule has 5 heteroatoms. The van der Waals surface area contributed by atoms with Gasteiger partial charge in [0.15, 0.2) is 17.5 Å². The molecule has 0 saturated heterocycles. The lowest BCUT2D eigenvalue weighted by Gasteiger charge is -2.39. The maximum Gasteiger partial charge on any atom is 0.164 e. The number of nitrogens with zero attached hydrogens (tertiary/aromatic N) is 4. The van der Waals surface area contributed by atoms with Gasteiger partial charge in [0.25, 0.3) is 0 Å². The number of ether oxygens (including phenoxy) is 1. The standard InChI is InChI=1S/C57H36N4O/c1-3-13-40(14-4-1)54-59-55(41-15-5-2-6-16-41)61-56(60-54)42-28-24-38(25-29-42)44-31-33-50-53(36-44)62-52-35-43(37-22-26-39(27-23-37)51-21-11-12-34-58-51)30-32-49(52)57(50)47-19-9-7-17-45(47)46-18-8-10-20-48(46)57/h1-36H. The third-order valence-electron chi connectivity index (χ3n) is 12.3. The summed E-state index contributed by atoms with van der Waals surface area (Å²) in [6, 6.07) is 74.4. The molecule has 2 aliphatic rings. The molecule has 1 aliphatic heterocycles. The lowest BCUT2D eigenvalue weighted by molar-refractivity contribution is 0.437. The van der Waals surface area contributed by atoms with Gasteiger partial charge in [-0.1, -0.05) is 188 Å². The lowest BCUT2D eigenvalue weighted by atomic mass is 9.65. The predicted octanol–water partition coefficient (Wildman–Crippen LogP) is 13.7. The lowest BCUT2D eigenvalue weighted by Crippen LogP contribution is -2.32. The second-order valence-electron chi connectivity index (χ2n) is 15.8. The van der Waals surface area contributed by atoms with Gasteiger partial charge >= 0.3 is 0 Å². The topological polar surface area (TPSA) is 60.8 Å². The molecule has 0 bridgehead atoms. The Hall–Kier alpha value is -8.28. The molecule has 2 aromatic heterocycles. The SMILES string of the molecule is c1ccc(-c2nc(-c3ccccc3)nc(-c3ccc(-c4ccc5c(c4)Oc4cc(-c6ccc(-c7ccccn7)cc6)ccc4C54c5ccccc5-c5ccccc54)cc3)n2)cc1. The average Bonchev–Trinajstić information content (AvgIpc) is 3.65. The van der Waals surface area contributed by atoms with Crippen molar-refractivity contribution in [2.45, 2.75) is 5.41 Å². The molecule has 3 heterocycles. The molecule has 0 saturated carbocycles. The maximum absolute atomic E-state index is 7.08. The molecule has 12 rings (SSSR count). The minimum Gasteiger partial charge on any atom is -0.457 e. The fraction of sp³-hybridized carbons (Fsp3) is 0.0175. The Kier molecular flexibility index (Phi) is 8.32. The number of rotatable bonds is 6. The molecule has 10 aromatic rings. The summed E-state index contributed by atoms with van der Waals surface area (Å²) < 4.78 is 7.08. The van der Waals surface area contributed by atoms with Gasteiger partial charge in [-0.05, 0) is 68.8 Å². The molecule has 5 nitrogen and oxygen atoms in total. The molecule has 1 spiro atoms. The van der Waals surface area contributed by atoms with E-state index in [-0.39, 0.29) is 0 Å². The van der Waals surface area contributed by atoms with Crippen LogP contribution in [-0.2, 0) is 5.41 Å². The Labute approximate surface area is 359 Å². The molecular weight excluding hydrogens is 757 g/mol. The zero-order valence-electron chi connectivity index (χ0n) is 33.5. The molecule has 62 heavy (non-hydrogen) atoms. The van der Waals surface area contributed by atoms with Crippen molar-refractivity contribution >= 4 is 0 Å². The summed E-state index contributed by atoms with van der Waals surface area (Å²) >= 11 is 0. The molecule has 0 atom stereocenters. The zero-order valence-corrected chi connectivity index (χ0v) is 33.5. The van der Waals surface area contributed by atoms with Crippen LogP contribution >= 0.6 is 0 Å². The number of hydrogen-bond acceptors (Lipinski definition) is 5. The van der Waals surface area contributed by atoms with Gasteiger partial charge in [0, 0.05) is 39.6 Å². The van der Waals surface area contributed by atoms with Gasteiger partial charge in [-0.3, -0.25) is 4.98 Å². The minimum atomic E-state index is -0.564. The van der Waals surface area contributed by atoms with Crippen molar-refractivity contribution < 1.29 is 4.74 Å². The van der Waals surface area contributed by atoms with Gasteiger partial charge in [0.1, 0.15) is 11.5 Å². The first kappa shape index (κ1) is 35.6. The first-order valence-electron chi connectivity index (χ1n) is 20.9. The fourth-order valence-electron chi connectivity index (χ4n) is 9.39. The van der Waals surface area contributed by atoms with Crippen LogP contribution in [0.25, 0.3) is 78.8 Å². The number of fused-ring (bicyclic) bond motifs is 9. The Bertz CT molecular complexity index is 3190. The van der Waals surface area contributed by atoms with Gasteiger partial charge < -0.3 is 4.74 Å². The number of hydrogen-bond donors (Lipinski definition) is 0. The smallest absolute Gasteiger partial charge is 0.164 e. The Morgan fingerprint density at radius 3 is 1.19 bits per heavy atom. The monoisotopic (exact) mass is 792 g/mol. The number of benzene rings is 8. The van der Waals surface area contributed by atoms with E-state index in [2.05, 4.69) is 138 Å². The van der Waals surface area contributed by atoms with E-state index in [9.17, 15) is 0 Å². The van der Waals surface area contributed by atoms with E-state index >= 15 is 0 Å². The largest absolute Gasteiger partial charge is 0.457 e. The summed E-state index contributed by atoms with van der Waals surface area (Å²) in [6.45, 7) is 0. The first-order chi connectivity index (χ1) is 30.7. The minimum absolute atomic E-state index is 0.564. The van der Waals surface area contributed by atoms with Gasteiger partial charge in [0.2, 0.25) is 0 Å². The van der Waals surface area contributed by atoms with Crippen LogP contribution in [0, 0.1) is 0 Å². The second kappa shape index (κ2) is 14.5. The summed E-state index contributed by atoms with van der Waals surface area (Å²) in [5, 5.41) is 0. The van der Waals surface area contributed by atoms with Gasteiger partial charge in [-0.15, -0.1) is 0 Å². The summed E-state index contributed by atoms with van der Waals surface area (Å²) in [5.74, 6) is 3.59. The van der Waals surface area contributed by atoms with E-state index in [1.54, 1.807) is 0 Å². The summed E-state index contributed by atoms with van der Waals surface area (Å²) in [6.07, 6.45) is 1.83. The van der Waals surface area contributed by atoms with Gasteiger partial charge in [0.05, 0.1) is 11.1 Å². The van der Waals surface area contributed by atoms with Crippen LogP contribution in [0.5, 0.6) is 11.5 Å². The summed E-state index contributed by atoms with van der Waals surface area (Å²) in [5.41, 5.74) is 15.9. The molecular formula is C57H36N4O. The molecule has 290 valence electrons. The Morgan fingerprint density at radius 1 is 0.306 bits per heavy atom. The van der Waals surface area contributed by atoms with E-state index in [1.807, 2.05) is 85.1 Å². The Balaban J connectivity index is 0.962. The highest BCUT2D eigenvalue weighted by atomic mass is 16.5. The van der Waals surface area contributed by atoms with Crippen molar-refractivity contribution in [3.05, 3.63) is 241 Å². The Morgan fingerprint density at radius 2 is 0.710 bits per heavy atom. The van der Waals surface area contributed by atoms with E-state index < -0.39 is 5.41 Å². The van der Waals surface area contributed by atoms with Crippen LogP contribution in [0.1, 0.15) is 22.3 Å². The van der Waals surface area contributed by atoms with Gasteiger partial charge in [-0.2, -0.15) is 0 Å². The summed E-state index contributed by atoms with van der Waals surface area (Å²) in [4.78, 5) is 19.4. The average molecular weight is 793 g/mol. The van der Waals surface area contributed by atoms with E-state index in [4.69, 9.17) is 19.7 Å². The van der Waals surface area contributed by atoms with E-state index in [1.165, 1.54) is 22.3 Å². The number of aromatic nitrogens is 4. The van der Waals surface area contributed by atoms with Gasteiger partial charge in [-0.25, -0.2) is 15.0 Å². The quantitative estimate of drug-likeness (QED) is 0.168. The molecule has 1 aliphatic carbocycles. The normalized spacial score (nSPS) is 12.8. The van der Waals surface area contributed by atoms with Crippen LogP contribution in [0.4, 0.5) is 0 Å². The highest BCUT2D eigenvalue weighted by Gasteiger charge is 2.51. The molecule has 0 fully saturated rings. The third-order valence-corrected chi connectivity index (χ3v) is 12.3. The van der Waals surface area contributed by atoms with Crippen molar-refractivity contribution in [1.29, 1.82) is 0 Å². The number of pyridine rings is 1. The predicted molar refractivity (Wildman–Crippen MR) is 248 cm³/mol. The molecule has 0 unspecified atom stereocenters. The highest BCUT2D eigenvalue weighted by molar-refractivity contribution is 5.89. The fourth-order valence-corrected chi connectivity index (χ4v) is 9.39. The first-order valence-corrected chi connectivity index (χ1v) is 20.9. The molecule has 0 radical (unpaired) electrons.